The molecule has 8 heteroatoms. The Balaban J connectivity index is 1.17. The lowest BCUT2D eigenvalue weighted by atomic mass is 9.89. The van der Waals surface area contributed by atoms with Gasteiger partial charge in [0.1, 0.15) is 0 Å². The quantitative estimate of drug-likeness (QED) is 0.159. The molecule has 0 aliphatic carbocycles. The van der Waals surface area contributed by atoms with Gasteiger partial charge in [0.25, 0.3) is 0 Å². The number of benzene rings is 4. The number of carbonyl (C=O) groups excluding carboxylic acids is 1. The van der Waals surface area contributed by atoms with Gasteiger partial charge in [0.15, 0.2) is 6.29 Å². The molecule has 2 aliphatic heterocycles. The van der Waals surface area contributed by atoms with Gasteiger partial charge in [-0.25, -0.2) is 4.79 Å². The molecule has 0 spiro atoms. The van der Waals surface area contributed by atoms with Gasteiger partial charge >= 0.3 is 6.03 Å². The number of hydrogen-bond acceptors (Lipinski definition) is 6. The highest BCUT2D eigenvalue weighted by Gasteiger charge is 2.40. The van der Waals surface area contributed by atoms with Crippen molar-refractivity contribution in [2.45, 2.75) is 64.0 Å². The highest BCUT2D eigenvalue weighted by Crippen LogP contribution is 2.43. The summed E-state index contributed by atoms with van der Waals surface area (Å²) in [4.78, 5) is 14.8. The Morgan fingerprint density at radius 2 is 1.49 bits per heavy atom. The van der Waals surface area contributed by atoms with Crippen molar-refractivity contribution in [3.05, 3.63) is 131 Å². The zero-order valence-electron chi connectivity index (χ0n) is 26.9. The second-order valence-electron chi connectivity index (χ2n) is 12.6. The predicted molar refractivity (Wildman–Crippen MR) is 182 cm³/mol. The Morgan fingerprint density at radius 3 is 2.23 bits per heavy atom. The first-order valence-electron chi connectivity index (χ1n) is 16.6. The van der Waals surface area contributed by atoms with Gasteiger partial charge in [0, 0.05) is 37.2 Å². The summed E-state index contributed by atoms with van der Waals surface area (Å²) in [5, 5.41) is 25.4. The second-order valence-corrected chi connectivity index (χ2v) is 12.6. The van der Waals surface area contributed by atoms with Crippen molar-refractivity contribution in [3.63, 3.8) is 0 Å². The van der Waals surface area contributed by atoms with E-state index >= 15 is 0 Å². The number of urea groups is 1. The molecule has 5 atom stereocenters. The van der Waals surface area contributed by atoms with Crippen LogP contribution in [0.3, 0.4) is 0 Å². The summed E-state index contributed by atoms with van der Waals surface area (Å²) < 4.78 is 13.5. The summed E-state index contributed by atoms with van der Waals surface area (Å²) >= 11 is 0. The maximum absolute atomic E-state index is 12.4. The summed E-state index contributed by atoms with van der Waals surface area (Å²) in [6.45, 7) is 4.89. The Labute approximate surface area is 277 Å². The summed E-state index contributed by atoms with van der Waals surface area (Å²) in [5.74, 6) is 0.0726. The zero-order valence-corrected chi connectivity index (χ0v) is 26.9. The molecule has 2 saturated heterocycles. The van der Waals surface area contributed by atoms with E-state index in [0.717, 1.165) is 64.9 Å². The predicted octanol–water partition coefficient (Wildman–Crippen LogP) is 6.09. The number of nitrogens with one attached hydrogen (secondary N) is 2. The fourth-order valence-corrected chi connectivity index (χ4v) is 6.65. The molecular formula is C39H45N3O5. The molecule has 0 radical (unpaired) electrons. The van der Waals surface area contributed by atoms with Gasteiger partial charge in [-0.05, 0) is 64.9 Å². The lowest BCUT2D eigenvalue weighted by molar-refractivity contribution is -0.276. The van der Waals surface area contributed by atoms with E-state index in [1.165, 1.54) is 0 Å². The van der Waals surface area contributed by atoms with Crippen molar-refractivity contribution in [2.75, 3.05) is 19.7 Å². The molecule has 0 bridgehead atoms. The monoisotopic (exact) mass is 635 g/mol. The molecule has 47 heavy (non-hydrogen) atoms. The van der Waals surface area contributed by atoms with Crippen LogP contribution in [0, 0.1) is 5.92 Å². The van der Waals surface area contributed by atoms with Gasteiger partial charge in [-0.1, -0.05) is 97.9 Å². The van der Waals surface area contributed by atoms with Gasteiger partial charge in [0.05, 0.1) is 25.4 Å². The number of carbonyl (C=O) groups is 1. The molecule has 4 aromatic rings. The maximum Gasteiger partial charge on any atom is 0.315 e. The molecule has 8 nitrogen and oxygen atoms in total. The SMILES string of the molecule is C[C@H]1[C@@H](CN2CCC[C@H]2CO)O[C@@H](c2cccc(-c3cccc(CNC(=O)NCc4ccccc4)c3)c2)O[C@H]1c1ccc(CO)cc1. The molecule has 2 fully saturated rings. The van der Waals surface area contributed by atoms with E-state index in [1.54, 1.807) is 0 Å². The molecule has 4 aromatic carbocycles. The third-order valence-electron chi connectivity index (χ3n) is 9.42. The molecule has 0 unspecified atom stereocenters. The fourth-order valence-electron chi connectivity index (χ4n) is 6.65. The third-order valence-corrected chi connectivity index (χ3v) is 9.42. The van der Waals surface area contributed by atoms with E-state index in [-0.39, 0.29) is 43.4 Å². The second kappa shape index (κ2) is 15.7. The van der Waals surface area contributed by atoms with Crippen LogP contribution in [-0.4, -0.2) is 53.0 Å². The van der Waals surface area contributed by atoms with Crippen LogP contribution in [0.25, 0.3) is 11.1 Å². The number of nitrogens with zero attached hydrogens (tertiary/aromatic N) is 1. The minimum atomic E-state index is -0.577. The van der Waals surface area contributed by atoms with Crippen molar-refractivity contribution in [2.24, 2.45) is 5.92 Å². The van der Waals surface area contributed by atoms with E-state index in [1.807, 2.05) is 78.9 Å². The fraction of sp³-hybridized carbons (Fsp3) is 0.359. The van der Waals surface area contributed by atoms with E-state index in [0.29, 0.717) is 13.1 Å². The summed E-state index contributed by atoms with van der Waals surface area (Å²) in [7, 11) is 0. The maximum atomic E-state index is 12.4. The zero-order chi connectivity index (χ0) is 32.6. The topological polar surface area (TPSA) is 103 Å². The lowest BCUT2D eigenvalue weighted by Gasteiger charge is -2.43. The van der Waals surface area contributed by atoms with E-state index in [9.17, 15) is 15.0 Å². The molecule has 0 aromatic heterocycles. The molecule has 2 amide bonds. The Kier molecular flexibility index (Phi) is 11.0. The van der Waals surface area contributed by atoms with Crippen molar-refractivity contribution >= 4 is 6.03 Å². The number of likely N-dealkylation sites (tertiary alicyclic amines) is 1. The van der Waals surface area contributed by atoms with Crippen LogP contribution in [-0.2, 0) is 29.2 Å². The Hall–Kier alpha value is -4.05. The number of amides is 2. The molecule has 246 valence electrons. The number of aliphatic hydroxyl groups excluding tert-OH is 2. The van der Waals surface area contributed by atoms with Crippen LogP contribution in [0.4, 0.5) is 4.79 Å². The summed E-state index contributed by atoms with van der Waals surface area (Å²) in [6, 6.07) is 34.2. The lowest BCUT2D eigenvalue weighted by Crippen LogP contribution is -2.46. The average Bonchev–Trinajstić information content (AvgIpc) is 3.58. The van der Waals surface area contributed by atoms with Gasteiger partial charge in [-0.3, -0.25) is 4.90 Å². The molecule has 2 heterocycles. The van der Waals surface area contributed by atoms with Crippen LogP contribution >= 0.6 is 0 Å². The normalized spacial score (nSPS) is 23.0. The van der Waals surface area contributed by atoms with Crippen LogP contribution in [0.15, 0.2) is 103 Å². The average molecular weight is 636 g/mol. The van der Waals surface area contributed by atoms with Crippen molar-refractivity contribution in [1.82, 2.24) is 15.5 Å². The minimum Gasteiger partial charge on any atom is -0.395 e. The molecule has 4 N–H and O–H groups in total. The van der Waals surface area contributed by atoms with E-state index in [2.05, 4.69) is 46.7 Å². The molecule has 0 saturated carbocycles. The minimum absolute atomic E-state index is 0.00125. The molecule has 2 aliphatic rings. The van der Waals surface area contributed by atoms with Crippen LogP contribution in [0.1, 0.15) is 60.0 Å². The van der Waals surface area contributed by atoms with Gasteiger partial charge in [-0.2, -0.15) is 0 Å². The standard InChI is InChI=1S/C39H45N3O5/c1-27-36(24-42-19-7-14-35(42)26-44)46-38(47-37(27)31-17-15-29(25-43)16-18-31)34-13-6-12-33(21-34)32-11-5-10-30(20-32)23-41-39(45)40-22-28-8-3-2-4-9-28/h2-6,8-13,15-18,20-21,27,35-38,43-44H,7,14,19,22-26H2,1H3,(H2,40,41,45)/t27-,35-,36+,37+,38+/m0/s1. The first kappa shape index (κ1) is 32.9. The summed E-state index contributed by atoms with van der Waals surface area (Å²) in [5.41, 5.74) is 6.96. The van der Waals surface area contributed by atoms with E-state index in [4.69, 9.17) is 9.47 Å². The largest absolute Gasteiger partial charge is 0.395 e. The van der Waals surface area contributed by atoms with Crippen LogP contribution in [0.5, 0.6) is 0 Å². The smallest absolute Gasteiger partial charge is 0.315 e. The third kappa shape index (κ3) is 8.27. The van der Waals surface area contributed by atoms with Crippen molar-refractivity contribution in [3.8, 4) is 11.1 Å². The van der Waals surface area contributed by atoms with Crippen LogP contribution < -0.4 is 10.6 Å². The molecular weight excluding hydrogens is 590 g/mol. The van der Waals surface area contributed by atoms with Gasteiger partial charge in [0.2, 0.25) is 0 Å². The number of rotatable bonds is 11. The highest BCUT2D eigenvalue weighted by atomic mass is 16.7. The van der Waals surface area contributed by atoms with Gasteiger partial charge < -0.3 is 30.3 Å². The Bertz CT molecular complexity index is 1600. The summed E-state index contributed by atoms with van der Waals surface area (Å²) in [6.07, 6.45) is 1.19. The highest BCUT2D eigenvalue weighted by molar-refractivity contribution is 5.74. The van der Waals surface area contributed by atoms with Crippen molar-refractivity contribution in [1.29, 1.82) is 0 Å². The number of ether oxygens (including phenoxy) is 2. The number of hydrogen-bond donors (Lipinski definition) is 4. The first-order chi connectivity index (χ1) is 23.0. The first-order valence-corrected chi connectivity index (χ1v) is 16.6. The Morgan fingerprint density at radius 1 is 0.787 bits per heavy atom. The van der Waals surface area contributed by atoms with Crippen LogP contribution in [0.2, 0.25) is 0 Å². The number of aliphatic hydroxyl groups is 2. The van der Waals surface area contributed by atoms with Crippen molar-refractivity contribution < 1.29 is 24.5 Å². The van der Waals surface area contributed by atoms with E-state index < -0.39 is 6.29 Å². The molecule has 6 rings (SSSR count). The van der Waals surface area contributed by atoms with Gasteiger partial charge in [-0.15, -0.1) is 0 Å².